The minimum atomic E-state index is -0.786. The van der Waals surface area contributed by atoms with Crippen LogP contribution >= 0.6 is 0 Å². The van der Waals surface area contributed by atoms with Crippen LogP contribution in [-0.2, 0) is 23.8 Å². The van der Waals surface area contributed by atoms with Crippen molar-refractivity contribution in [3.8, 4) is 0 Å². The van der Waals surface area contributed by atoms with Gasteiger partial charge < -0.3 is 14.2 Å². The van der Waals surface area contributed by atoms with Crippen LogP contribution in [0, 0.1) is 17.3 Å². The fraction of sp³-hybridized carbons (Fsp3) is 0.895. The van der Waals surface area contributed by atoms with Crippen LogP contribution in [0.3, 0.4) is 0 Å². The predicted molar refractivity (Wildman–Crippen MR) is 88.0 cm³/mol. The number of carbonyl (C=O) groups excluding carboxylic acids is 2. The molecule has 2 saturated carbocycles. The van der Waals surface area contributed by atoms with Crippen LogP contribution in [0.1, 0.15) is 72.6 Å². The number of rotatable bonds is 2. The summed E-state index contributed by atoms with van der Waals surface area (Å²) in [6, 6.07) is 0. The molecule has 1 heterocycles. The van der Waals surface area contributed by atoms with Crippen molar-refractivity contribution in [2.45, 2.75) is 90.6 Å². The van der Waals surface area contributed by atoms with Crippen LogP contribution < -0.4 is 0 Å². The van der Waals surface area contributed by atoms with E-state index in [0.717, 1.165) is 38.5 Å². The molecule has 3 rings (SSSR count). The lowest BCUT2D eigenvalue weighted by molar-refractivity contribution is -0.329. The van der Waals surface area contributed by atoms with Crippen molar-refractivity contribution in [1.29, 1.82) is 0 Å². The molecule has 1 aliphatic heterocycles. The maximum absolute atomic E-state index is 11.7. The summed E-state index contributed by atoms with van der Waals surface area (Å²) in [6.07, 6.45) is 6.65. The molecule has 4 unspecified atom stereocenters. The summed E-state index contributed by atoms with van der Waals surface area (Å²) < 4.78 is 17.7. The van der Waals surface area contributed by atoms with Gasteiger partial charge in [-0.2, -0.15) is 0 Å². The van der Waals surface area contributed by atoms with Gasteiger partial charge in [0.1, 0.15) is 6.10 Å². The van der Waals surface area contributed by atoms with Crippen LogP contribution in [-0.4, -0.2) is 29.9 Å². The molecule has 5 heteroatoms. The summed E-state index contributed by atoms with van der Waals surface area (Å²) in [5.74, 6) is -0.714. The van der Waals surface area contributed by atoms with Gasteiger partial charge in [0, 0.05) is 31.6 Å². The van der Waals surface area contributed by atoms with Crippen molar-refractivity contribution in [2.24, 2.45) is 17.3 Å². The molecule has 6 atom stereocenters. The molecule has 0 bridgehead atoms. The van der Waals surface area contributed by atoms with Gasteiger partial charge in [-0.3, -0.25) is 9.59 Å². The topological polar surface area (TPSA) is 61.8 Å². The zero-order valence-electron chi connectivity index (χ0n) is 15.3. The van der Waals surface area contributed by atoms with E-state index in [0.29, 0.717) is 12.3 Å². The molecule has 0 amide bonds. The van der Waals surface area contributed by atoms with Crippen LogP contribution in [0.2, 0.25) is 0 Å². The van der Waals surface area contributed by atoms with Crippen LogP contribution in [0.5, 0.6) is 0 Å². The van der Waals surface area contributed by atoms with Crippen molar-refractivity contribution >= 4 is 11.9 Å². The summed E-state index contributed by atoms with van der Waals surface area (Å²) in [5.41, 5.74) is -0.0534. The number of hydrogen-bond donors (Lipinski definition) is 0. The van der Waals surface area contributed by atoms with Gasteiger partial charge in [0.25, 0.3) is 0 Å². The quantitative estimate of drug-likeness (QED) is 0.720. The minimum absolute atomic E-state index is 0.0385. The molecule has 3 fully saturated rings. The highest BCUT2D eigenvalue weighted by molar-refractivity contribution is 5.66. The van der Waals surface area contributed by atoms with E-state index in [2.05, 4.69) is 13.8 Å². The Hall–Kier alpha value is -1.10. The monoisotopic (exact) mass is 338 g/mol. The van der Waals surface area contributed by atoms with Crippen molar-refractivity contribution in [3.63, 3.8) is 0 Å². The van der Waals surface area contributed by atoms with Gasteiger partial charge in [-0.25, -0.2) is 0 Å². The van der Waals surface area contributed by atoms with Crippen LogP contribution in [0.15, 0.2) is 0 Å². The fourth-order valence-electron chi connectivity index (χ4n) is 5.53. The van der Waals surface area contributed by atoms with Gasteiger partial charge in [-0.05, 0) is 51.4 Å². The van der Waals surface area contributed by atoms with E-state index in [1.54, 1.807) is 0 Å². The van der Waals surface area contributed by atoms with E-state index in [-0.39, 0.29) is 35.5 Å². The Kier molecular flexibility index (Phi) is 4.67. The van der Waals surface area contributed by atoms with Crippen molar-refractivity contribution < 1.29 is 23.8 Å². The van der Waals surface area contributed by atoms with Crippen molar-refractivity contribution in [2.75, 3.05) is 0 Å². The van der Waals surface area contributed by atoms with E-state index < -0.39 is 5.79 Å². The van der Waals surface area contributed by atoms with E-state index >= 15 is 0 Å². The van der Waals surface area contributed by atoms with E-state index in [9.17, 15) is 9.59 Å². The molecule has 0 aromatic rings. The first kappa shape index (κ1) is 17.7. The average Bonchev–Trinajstić information content (AvgIpc) is 2.47. The third kappa shape index (κ3) is 2.96. The normalized spacial score (nSPS) is 44.8. The molecule has 0 aromatic heterocycles. The highest BCUT2D eigenvalue weighted by atomic mass is 16.7. The average molecular weight is 338 g/mol. The number of ether oxygens (including phenoxy) is 3. The van der Waals surface area contributed by atoms with E-state index in [1.165, 1.54) is 13.8 Å². The molecule has 0 N–H and O–H groups in total. The first-order chi connectivity index (χ1) is 11.3. The lowest BCUT2D eigenvalue weighted by Crippen LogP contribution is -2.62. The van der Waals surface area contributed by atoms with Gasteiger partial charge in [-0.1, -0.05) is 6.92 Å². The van der Waals surface area contributed by atoms with Gasteiger partial charge in [-0.15, -0.1) is 0 Å². The predicted octanol–water partition coefficient (Wildman–Crippen LogP) is 3.59. The smallest absolute Gasteiger partial charge is 0.305 e. The molecule has 24 heavy (non-hydrogen) atoms. The molecular weight excluding hydrogens is 308 g/mol. The summed E-state index contributed by atoms with van der Waals surface area (Å²) in [5, 5.41) is 0. The third-order valence-corrected chi connectivity index (χ3v) is 6.54. The molecule has 5 nitrogen and oxygen atoms in total. The summed E-state index contributed by atoms with van der Waals surface area (Å²) in [7, 11) is 0. The fourth-order valence-corrected chi connectivity index (χ4v) is 5.53. The van der Waals surface area contributed by atoms with Gasteiger partial charge in [0.2, 0.25) is 5.79 Å². The Labute approximate surface area is 144 Å². The zero-order chi connectivity index (χ0) is 17.5. The lowest BCUT2D eigenvalue weighted by Gasteiger charge is -2.60. The Balaban J connectivity index is 1.91. The summed E-state index contributed by atoms with van der Waals surface area (Å²) in [6.45, 7) is 7.26. The van der Waals surface area contributed by atoms with E-state index in [4.69, 9.17) is 14.2 Å². The highest BCUT2D eigenvalue weighted by Crippen LogP contribution is 2.60. The maximum Gasteiger partial charge on any atom is 0.305 e. The highest BCUT2D eigenvalue weighted by Gasteiger charge is 2.61. The minimum Gasteiger partial charge on any atom is -0.462 e. The van der Waals surface area contributed by atoms with Crippen LogP contribution in [0.4, 0.5) is 0 Å². The zero-order valence-corrected chi connectivity index (χ0v) is 15.3. The Morgan fingerprint density at radius 2 is 1.75 bits per heavy atom. The van der Waals surface area contributed by atoms with Crippen molar-refractivity contribution in [3.05, 3.63) is 0 Å². The molecular formula is C19H30O5. The number of hydrogen-bond acceptors (Lipinski definition) is 5. The first-order valence-corrected chi connectivity index (χ1v) is 9.31. The number of esters is 2. The second kappa shape index (κ2) is 6.32. The molecule has 0 aromatic carbocycles. The third-order valence-electron chi connectivity index (χ3n) is 6.54. The Morgan fingerprint density at radius 3 is 2.42 bits per heavy atom. The first-order valence-electron chi connectivity index (χ1n) is 9.31. The Morgan fingerprint density at radius 1 is 1.00 bits per heavy atom. The molecule has 3 aliphatic rings. The van der Waals surface area contributed by atoms with E-state index in [1.807, 2.05) is 0 Å². The molecule has 0 spiro atoms. The molecule has 0 radical (unpaired) electrons. The molecule has 136 valence electrons. The van der Waals surface area contributed by atoms with Crippen molar-refractivity contribution in [1.82, 2.24) is 0 Å². The summed E-state index contributed by atoms with van der Waals surface area (Å²) >= 11 is 0. The van der Waals surface area contributed by atoms with Gasteiger partial charge >= 0.3 is 11.9 Å². The van der Waals surface area contributed by atoms with Gasteiger partial charge in [0.15, 0.2) is 0 Å². The van der Waals surface area contributed by atoms with Gasteiger partial charge in [0.05, 0.1) is 6.10 Å². The van der Waals surface area contributed by atoms with Crippen LogP contribution in [0.25, 0.3) is 0 Å². The lowest BCUT2D eigenvalue weighted by atomic mass is 9.52. The summed E-state index contributed by atoms with van der Waals surface area (Å²) in [4.78, 5) is 23.3. The SMILES string of the molecule is CC(=O)O[C@H]1CCCC2C3CCC(C)OC3(OC(C)=O)CC[C@@]21C. The maximum atomic E-state index is 11.7. The molecule has 1 saturated heterocycles. The molecule has 2 aliphatic carbocycles. The second-order valence-electron chi connectivity index (χ2n) is 8.16. The Bertz CT molecular complexity index is 518. The second-order valence-corrected chi connectivity index (χ2v) is 8.16. The number of carbonyl (C=O) groups is 2. The largest absolute Gasteiger partial charge is 0.462 e. The number of fused-ring (bicyclic) bond motifs is 3. The standard InChI is InChI=1S/C19H30O5/c1-12-8-9-16-15-6-5-7-17(22-13(2)20)18(15,4)10-11-19(16,23-12)24-14(3)21/h12,15-17H,5-11H2,1-4H3/t12?,15?,16?,17-,18-,19?/m0/s1.